The Hall–Kier alpha value is -6.80. The summed E-state index contributed by atoms with van der Waals surface area (Å²) in [6.45, 7) is 0.465. The second-order valence-electron chi connectivity index (χ2n) is 9.99. The van der Waals surface area contributed by atoms with Crippen LogP contribution in [0.2, 0.25) is 0 Å². The van der Waals surface area contributed by atoms with Crippen LogP contribution in [-0.2, 0) is 9.59 Å². The van der Waals surface area contributed by atoms with Crippen LogP contribution in [0.1, 0.15) is 33.6 Å². The molecule has 4 aliphatic rings. The normalized spacial score (nSPS) is 15.5. The Labute approximate surface area is 270 Å². The van der Waals surface area contributed by atoms with Gasteiger partial charge in [0.1, 0.15) is 11.5 Å². The van der Waals surface area contributed by atoms with E-state index in [-0.39, 0.29) is 58.6 Å². The van der Waals surface area contributed by atoms with Gasteiger partial charge >= 0.3 is 11.9 Å². The van der Waals surface area contributed by atoms with Crippen molar-refractivity contribution in [3.8, 4) is 11.5 Å². The van der Waals surface area contributed by atoms with Crippen molar-refractivity contribution >= 4 is 58.2 Å². The molecule has 2 aromatic rings. The molecule has 0 saturated carbocycles. The van der Waals surface area contributed by atoms with E-state index >= 15 is 0 Å². The number of nitrogens with zero attached hydrogens (tertiary/aromatic N) is 6. The first-order chi connectivity index (χ1) is 23.2. The molecule has 8 N–H and O–H groups in total. The molecule has 0 aliphatic carbocycles. The molecule has 0 spiro atoms. The lowest BCUT2D eigenvalue weighted by atomic mass is 10.1. The van der Waals surface area contributed by atoms with E-state index in [2.05, 4.69) is 53.2 Å². The van der Waals surface area contributed by atoms with Gasteiger partial charge in [0.25, 0.3) is 11.8 Å². The number of carboxylic acids is 2. The standard InChI is InChI=1S/C28H26N12O8/c41-25(21-7-9-23-31-35-37-39(23)33-21)29-19-5-3-15(13-17(19)27(43)44)47-11-1-2-12-48-16-4-6-20(18(14-16)28(45)46)30-26(42)22-8-10-24-32-36-38-40(24)34-22/h3-10,13-14,35-38H,1-2,11-12H2,(H,29,41)(H,30,42)(H,43,44)(H,45,46). The highest BCUT2D eigenvalue weighted by atomic mass is 16.5. The minimum Gasteiger partial charge on any atom is -0.494 e. The Morgan fingerprint density at radius 1 is 0.667 bits per heavy atom. The number of carbonyl (C=O) groups is 4. The molecule has 0 unspecified atom stereocenters. The molecule has 0 atom stereocenters. The Morgan fingerprint density at radius 2 is 1.10 bits per heavy atom. The second kappa shape index (κ2) is 13.7. The number of rotatable bonds is 13. The van der Waals surface area contributed by atoms with Crippen LogP contribution in [0.3, 0.4) is 0 Å². The molecule has 20 nitrogen and oxygen atoms in total. The maximum atomic E-state index is 12.7. The average Bonchev–Trinajstić information content (AvgIpc) is 3.76. The monoisotopic (exact) mass is 658 g/mol. The molecule has 246 valence electrons. The average molecular weight is 659 g/mol. The highest BCUT2D eigenvalue weighted by Crippen LogP contribution is 2.25. The number of hydrazine groups is 4. The van der Waals surface area contributed by atoms with Gasteiger partial charge in [-0.25, -0.2) is 20.7 Å². The summed E-state index contributed by atoms with van der Waals surface area (Å²) >= 11 is 0. The lowest BCUT2D eigenvalue weighted by Gasteiger charge is -2.16. The van der Waals surface area contributed by atoms with E-state index in [9.17, 15) is 29.4 Å². The highest BCUT2D eigenvalue weighted by Gasteiger charge is 2.24. The number of carbonyl (C=O) groups excluding carboxylic acids is 2. The van der Waals surface area contributed by atoms with Gasteiger partial charge < -0.3 is 30.3 Å². The van der Waals surface area contributed by atoms with Crippen molar-refractivity contribution in [2.45, 2.75) is 12.8 Å². The Balaban J connectivity index is 0.967. The second-order valence-corrected chi connectivity index (χ2v) is 9.99. The summed E-state index contributed by atoms with van der Waals surface area (Å²) < 4.78 is 11.4. The SMILES string of the molecule is O=C(Nc1ccc(OCCCCOc2ccc(NC(=O)C3=NN4NNN=C4C=C3)c(C(=O)O)c2)cc1C(=O)O)C1=NN2NNN=C2C=C1. The van der Waals surface area contributed by atoms with Gasteiger partial charge in [-0.1, -0.05) is 0 Å². The third-order valence-electron chi connectivity index (χ3n) is 6.76. The zero-order valence-corrected chi connectivity index (χ0v) is 24.6. The number of benzene rings is 2. The number of ether oxygens (including phenoxy) is 2. The number of fused-ring (bicyclic) bond motifs is 2. The minimum atomic E-state index is -1.26. The lowest BCUT2D eigenvalue weighted by molar-refractivity contribution is -0.111. The predicted octanol–water partition coefficient (Wildman–Crippen LogP) is 0.326. The van der Waals surface area contributed by atoms with E-state index in [4.69, 9.17) is 9.47 Å². The van der Waals surface area contributed by atoms with Crippen molar-refractivity contribution in [2.75, 3.05) is 23.8 Å². The van der Waals surface area contributed by atoms with Crippen molar-refractivity contribution < 1.29 is 38.9 Å². The number of amidine groups is 2. The molecule has 0 bridgehead atoms. The summed E-state index contributed by atoms with van der Waals surface area (Å²) in [5.74, 6) is -2.29. The molecule has 2 aromatic carbocycles. The molecule has 0 aromatic heterocycles. The molecule has 0 fully saturated rings. The van der Waals surface area contributed by atoms with E-state index in [1.165, 1.54) is 58.8 Å². The molecule has 48 heavy (non-hydrogen) atoms. The third-order valence-corrected chi connectivity index (χ3v) is 6.76. The van der Waals surface area contributed by atoms with E-state index in [1.54, 1.807) is 12.2 Å². The Morgan fingerprint density at radius 3 is 1.52 bits per heavy atom. The molecular weight excluding hydrogens is 632 g/mol. The van der Waals surface area contributed by atoms with Gasteiger partial charge in [-0.2, -0.15) is 10.2 Å². The van der Waals surface area contributed by atoms with Crippen LogP contribution in [0.4, 0.5) is 11.4 Å². The molecule has 6 rings (SSSR count). The van der Waals surface area contributed by atoms with E-state index < -0.39 is 23.8 Å². The number of anilines is 2. The quantitative estimate of drug-likeness (QED) is 0.135. The van der Waals surface area contributed by atoms with Gasteiger partial charge in [0, 0.05) is 0 Å². The number of amides is 2. The zero-order chi connectivity index (χ0) is 33.6. The van der Waals surface area contributed by atoms with Crippen molar-refractivity contribution in [2.24, 2.45) is 20.4 Å². The van der Waals surface area contributed by atoms with Crippen LogP contribution in [0.15, 0.2) is 81.1 Å². The molecule has 4 heterocycles. The molecule has 2 amide bonds. The van der Waals surface area contributed by atoms with Gasteiger partial charge in [0.2, 0.25) is 0 Å². The first-order valence-electron chi connectivity index (χ1n) is 14.2. The van der Waals surface area contributed by atoms with E-state index in [1.807, 2.05) is 0 Å². The van der Waals surface area contributed by atoms with Crippen LogP contribution in [-0.4, -0.2) is 80.5 Å². The fourth-order valence-corrected chi connectivity index (χ4v) is 4.42. The van der Waals surface area contributed by atoms with Gasteiger partial charge in [0.05, 0.1) is 35.7 Å². The summed E-state index contributed by atoms with van der Waals surface area (Å²) in [4.78, 5) is 49.2. The largest absolute Gasteiger partial charge is 0.494 e. The molecule has 20 heteroatoms. The number of hydrazone groups is 4. The van der Waals surface area contributed by atoms with Crippen molar-refractivity contribution in [1.82, 2.24) is 32.4 Å². The molecule has 0 radical (unpaired) electrons. The summed E-state index contributed by atoms with van der Waals surface area (Å²) in [6, 6.07) is 8.53. The number of hydrogen-bond donors (Lipinski definition) is 8. The number of unbranched alkanes of at least 4 members (excludes halogenated alkanes) is 1. The maximum Gasteiger partial charge on any atom is 0.337 e. The minimum absolute atomic E-state index is 0.0291. The topological polar surface area (TPSA) is 255 Å². The fraction of sp³-hybridized carbons (Fsp3) is 0.143. The van der Waals surface area contributed by atoms with Crippen LogP contribution in [0.25, 0.3) is 0 Å². The Kier molecular flexibility index (Phi) is 8.89. The van der Waals surface area contributed by atoms with Crippen molar-refractivity contribution in [3.05, 3.63) is 71.8 Å². The van der Waals surface area contributed by atoms with Crippen LogP contribution < -0.4 is 42.2 Å². The van der Waals surface area contributed by atoms with Crippen molar-refractivity contribution in [1.29, 1.82) is 0 Å². The summed E-state index contributed by atoms with van der Waals surface area (Å²) in [5.41, 5.74) is 10.1. The predicted molar refractivity (Wildman–Crippen MR) is 169 cm³/mol. The molecule has 4 aliphatic heterocycles. The van der Waals surface area contributed by atoms with Gasteiger partial charge in [-0.3, -0.25) is 9.59 Å². The summed E-state index contributed by atoms with van der Waals surface area (Å²) in [6.07, 6.45) is 7.07. The van der Waals surface area contributed by atoms with Gasteiger partial charge in [-0.05, 0) is 73.5 Å². The smallest absolute Gasteiger partial charge is 0.337 e. The zero-order valence-electron chi connectivity index (χ0n) is 24.6. The number of carboxylic acid groups (broad SMARTS) is 2. The number of aromatic carboxylic acids is 2. The Bertz CT molecular complexity index is 1730. The first-order valence-corrected chi connectivity index (χ1v) is 14.2. The molecule has 0 saturated heterocycles. The van der Waals surface area contributed by atoms with Crippen molar-refractivity contribution in [3.63, 3.8) is 0 Å². The fourth-order valence-electron chi connectivity index (χ4n) is 4.42. The first kappa shape index (κ1) is 31.2. The summed E-state index contributed by atoms with van der Waals surface area (Å²) in [7, 11) is 0. The third kappa shape index (κ3) is 7.03. The van der Waals surface area contributed by atoms with Gasteiger partial charge in [-0.15, -0.1) is 31.5 Å². The summed E-state index contributed by atoms with van der Waals surface area (Å²) in [5, 5.41) is 42.9. The van der Waals surface area contributed by atoms with Crippen LogP contribution in [0, 0.1) is 0 Å². The lowest BCUT2D eigenvalue weighted by Crippen LogP contribution is -2.40. The van der Waals surface area contributed by atoms with Crippen LogP contribution in [0.5, 0.6) is 11.5 Å². The number of nitrogens with one attached hydrogen (secondary N) is 6. The molecular formula is C28H26N12O8. The van der Waals surface area contributed by atoms with E-state index in [0.29, 0.717) is 24.5 Å². The van der Waals surface area contributed by atoms with Crippen LogP contribution >= 0.6 is 0 Å². The maximum absolute atomic E-state index is 12.7. The van der Waals surface area contributed by atoms with Gasteiger partial charge in [0.15, 0.2) is 23.1 Å². The van der Waals surface area contributed by atoms with E-state index in [0.717, 1.165) is 0 Å². The number of hydrogen-bond acceptors (Lipinski definition) is 16. The highest BCUT2D eigenvalue weighted by molar-refractivity contribution is 6.48.